The Balaban J connectivity index is 2.90. The first-order chi connectivity index (χ1) is 11.5. The molecule has 0 radical (unpaired) electrons. The van der Waals surface area contributed by atoms with Gasteiger partial charge in [0.2, 0.25) is 11.8 Å². The van der Waals surface area contributed by atoms with Gasteiger partial charge in [-0.15, -0.1) is 12.3 Å². The number of amides is 2. The average molecular weight is 332 g/mol. The molecule has 2 amide bonds. The number of nitrogens with one attached hydrogen (secondary N) is 1. The molecule has 0 bridgehead atoms. The van der Waals surface area contributed by atoms with E-state index in [1.807, 2.05) is 6.92 Å². The number of allylic oxidation sites excluding steroid dienone is 1. The molecular weight excluding hydrogens is 304 g/mol. The van der Waals surface area contributed by atoms with Gasteiger partial charge in [-0.2, -0.15) is 0 Å². The lowest BCUT2D eigenvalue weighted by Gasteiger charge is -2.30. The highest BCUT2D eigenvalue weighted by atomic mass is 16.5. The zero-order valence-corrected chi connectivity index (χ0v) is 14.9. The maximum absolute atomic E-state index is 13.0. The first kappa shape index (κ1) is 19.8. The molecule has 0 fully saturated rings. The normalized spacial score (nSPS) is 17.9. The second-order valence-electron chi connectivity index (χ2n) is 5.87. The van der Waals surface area contributed by atoms with E-state index in [4.69, 9.17) is 11.2 Å². The topological polar surface area (TPSA) is 58.6 Å². The summed E-state index contributed by atoms with van der Waals surface area (Å²) in [5.41, 5.74) is 0.606. The summed E-state index contributed by atoms with van der Waals surface area (Å²) in [7, 11) is 1.60. The highest BCUT2D eigenvalue weighted by Crippen LogP contribution is 2.30. The van der Waals surface area contributed by atoms with Crippen molar-refractivity contribution in [2.24, 2.45) is 0 Å². The molecule has 1 heterocycles. The van der Waals surface area contributed by atoms with E-state index in [1.54, 1.807) is 18.1 Å². The quantitative estimate of drug-likeness (QED) is 0.661. The number of ether oxygens (including phenoxy) is 1. The predicted molar refractivity (Wildman–Crippen MR) is 94.7 cm³/mol. The van der Waals surface area contributed by atoms with Crippen LogP contribution in [0.1, 0.15) is 52.4 Å². The third-order valence-electron chi connectivity index (χ3n) is 4.00. The van der Waals surface area contributed by atoms with E-state index >= 15 is 0 Å². The Hall–Kier alpha value is -2.22. The molecule has 2 unspecified atom stereocenters. The Bertz CT molecular complexity index is 545. The van der Waals surface area contributed by atoms with Crippen LogP contribution in [-0.2, 0) is 14.3 Å². The summed E-state index contributed by atoms with van der Waals surface area (Å²) in [4.78, 5) is 26.7. The number of carbonyl (C=O) groups excluding carboxylic acids is 2. The molecular formula is C19H28N2O3. The first-order valence-electron chi connectivity index (χ1n) is 8.50. The molecule has 1 aliphatic heterocycles. The average Bonchev–Trinajstić information content (AvgIpc) is 2.87. The van der Waals surface area contributed by atoms with E-state index < -0.39 is 6.04 Å². The summed E-state index contributed by atoms with van der Waals surface area (Å²) < 4.78 is 5.40. The molecule has 5 nitrogen and oxygen atoms in total. The third-order valence-corrected chi connectivity index (χ3v) is 4.00. The van der Waals surface area contributed by atoms with Gasteiger partial charge in [-0.05, 0) is 12.8 Å². The minimum Gasteiger partial charge on any atom is -0.499 e. The second-order valence-corrected chi connectivity index (χ2v) is 5.87. The van der Waals surface area contributed by atoms with Crippen molar-refractivity contribution in [3.63, 3.8) is 0 Å². The number of rotatable bonds is 9. The Morgan fingerprint density at radius 2 is 2.17 bits per heavy atom. The maximum atomic E-state index is 13.0. The van der Waals surface area contributed by atoms with E-state index in [9.17, 15) is 9.59 Å². The first-order valence-corrected chi connectivity index (χ1v) is 8.50. The Labute approximate surface area is 145 Å². The molecule has 0 aliphatic carbocycles. The van der Waals surface area contributed by atoms with Crippen LogP contribution in [0.25, 0.3) is 0 Å². The van der Waals surface area contributed by atoms with Crippen molar-refractivity contribution in [2.45, 2.75) is 64.5 Å². The Kier molecular flexibility index (Phi) is 8.11. The van der Waals surface area contributed by atoms with Crippen LogP contribution >= 0.6 is 0 Å². The van der Waals surface area contributed by atoms with Crippen molar-refractivity contribution in [3.8, 4) is 12.3 Å². The largest absolute Gasteiger partial charge is 0.499 e. The standard InChI is InChI=1S/C19H28N2O3/c1-6-9-12-18(22)20-15(10-7-2)19(23)21-14(4)13-17(24-5)16(21)11-8-3/h1,13,15-16H,4,7-12H2,2-3,5H3,(H,20,22). The molecule has 2 atom stereocenters. The van der Waals surface area contributed by atoms with E-state index in [1.165, 1.54) is 0 Å². The maximum Gasteiger partial charge on any atom is 0.250 e. The molecule has 0 aromatic carbocycles. The van der Waals surface area contributed by atoms with Crippen LogP contribution in [0, 0.1) is 12.3 Å². The van der Waals surface area contributed by atoms with Crippen molar-refractivity contribution in [1.29, 1.82) is 0 Å². The van der Waals surface area contributed by atoms with Crippen LogP contribution in [-0.4, -0.2) is 35.9 Å². The van der Waals surface area contributed by atoms with Crippen molar-refractivity contribution in [1.82, 2.24) is 10.2 Å². The van der Waals surface area contributed by atoms with Gasteiger partial charge in [-0.25, -0.2) is 0 Å². The number of hydrogen-bond donors (Lipinski definition) is 1. The summed E-state index contributed by atoms with van der Waals surface area (Å²) in [5, 5.41) is 2.81. The highest BCUT2D eigenvalue weighted by Gasteiger charge is 2.37. The van der Waals surface area contributed by atoms with Gasteiger partial charge >= 0.3 is 0 Å². The number of hydrogen-bond acceptors (Lipinski definition) is 3. The van der Waals surface area contributed by atoms with Crippen LogP contribution in [0.3, 0.4) is 0 Å². The van der Waals surface area contributed by atoms with Crippen molar-refractivity contribution in [3.05, 3.63) is 24.1 Å². The molecule has 0 spiro atoms. The molecule has 0 aromatic rings. The molecule has 5 heteroatoms. The van der Waals surface area contributed by atoms with E-state index in [-0.39, 0.29) is 24.3 Å². The van der Waals surface area contributed by atoms with Gasteiger partial charge in [-0.1, -0.05) is 33.3 Å². The lowest BCUT2D eigenvalue weighted by molar-refractivity contribution is -0.136. The van der Waals surface area contributed by atoms with Gasteiger partial charge in [0.25, 0.3) is 0 Å². The Morgan fingerprint density at radius 3 is 2.71 bits per heavy atom. The number of carbonyl (C=O) groups is 2. The second kappa shape index (κ2) is 9.82. The molecule has 1 rings (SSSR count). The smallest absolute Gasteiger partial charge is 0.250 e. The van der Waals surface area contributed by atoms with Gasteiger partial charge in [-0.3, -0.25) is 9.59 Å². The van der Waals surface area contributed by atoms with Crippen molar-refractivity contribution < 1.29 is 14.3 Å². The van der Waals surface area contributed by atoms with E-state index in [2.05, 4.69) is 24.7 Å². The van der Waals surface area contributed by atoms with Crippen molar-refractivity contribution >= 4 is 11.8 Å². The summed E-state index contributed by atoms with van der Waals surface area (Å²) in [6, 6.07) is -0.719. The van der Waals surface area contributed by atoms with Crippen LogP contribution < -0.4 is 5.32 Å². The van der Waals surface area contributed by atoms with Crippen LogP contribution in [0.2, 0.25) is 0 Å². The zero-order valence-electron chi connectivity index (χ0n) is 14.9. The molecule has 0 saturated carbocycles. The number of terminal acetylenes is 1. The SMILES string of the molecule is C#CCCC(=O)NC(CCC)C(=O)N1C(=C)C=C(OC)C1CCC. The molecule has 1 aliphatic rings. The van der Waals surface area contributed by atoms with Crippen LogP contribution in [0.4, 0.5) is 0 Å². The molecule has 0 saturated heterocycles. The summed E-state index contributed by atoms with van der Waals surface area (Å²) >= 11 is 0. The van der Waals surface area contributed by atoms with Gasteiger partial charge in [0.1, 0.15) is 11.8 Å². The van der Waals surface area contributed by atoms with E-state index in [0.717, 1.165) is 25.0 Å². The predicted octanol–water partition coefficient (Wildman–Crippen LogP) is 2.74. The number of methoxy groups -OCH3 is 1. The molecule has 0 aromatic heterocycles. The fourth-order valence-electron chi connectivity index (χ4n) is 2.86. The van der Waals surface area contributed by atoms with E-state index in [0.29, 0.717) is 18.5 Å². The number of nitrogens with zero attached hydrogens (tertiary/aromatic N) is 1. The lowest BCUT2D eigenvalue weighted by atomic mass is 10.1. The third kappa shape index (κ3) is 4.89. The summed E-state index contributed by atoms with van der Waals surface area (Å²) in [6.07, 6.45) is 10.6. The zero-order chi connectivity index (χ0) is 18.1. The summed E-state index contributed by atoms with van der Waals surface area (Å²) in [5.74, 6) is 2.84. The minimum absolute atomic E-state index is 0.141. The van der Waals surface area contributed by atoms with Crippen molar-refractivity contribution in [2.75, 3.05) is 7.11 Å². The Morgan fingerprint density at radius 1 is 1.46 bits per heavy atom. The monoisotopic (exact) mass is 332 g/mol. The highest BCUT2D eigenvalue weighted by molar-refractivity contribution is 5.89. The molecule has 132 valence electrons. The van der Waals surface area contributed by atoms with Gasteiger partial charge in [0, 0.05) is 24.6 Å². The van der Waals surface area contributed by atoms with Crippen LogP contribution in [0.15, 0.2) is 24.1 Å². The van der Waals surface area contributed by atoms with Gasteiger partial charge in [0.15, 0.2) is 0 Å². The van der Waals surface area contributed by atoms with Gasteiger partial charge < -0.3 is 15.0 Å². The molecule has 1 N–H and O–H groups in total. The fraction of sp³-hybridized carbons (Fsp3) is 0.579. The van der Waals surface area contributed by atoms with Crippen LogP contribution in [0.5, 0.6) is 0 Å². The fourth-order valence-corrected chi connectivity index (χ4v) is 2.86. The lowest BCUT2D eigenvalue weighted by Crippen LogP contribution is -2.50. The molecule has 24 heavy (non-hydrogen) atoms. The minimum atomic E-state index is -0.569. The van der Waals surface area contributed by atoms with Gasteiger partial charge in [0.05, 0.1) is 13.2 Å². The summed E-state index contributed by atoms with van der Waals surface area (Å²) in [6.45, 7) is 8.01.